The summed E-state index contributed by atoms with van der Waals surface area (Å²) >= 11 is 0. The molecule has 8 atom stereocenters. The molecular formula is C33H62O8Si2. The van der Waals surface area contributed by atoms with Gasteiger partial charge >= 0.3 is 5.97 Å². The number of hydrogen-bond acceptors (Lipinski definition) is 8. The van der Waals surface area contributed by atoms with E-state index in [1.807, 2.05) is 0 Å². The molecule has 0 aromatic heterocycles. The van der Waals surface area contributed by atoms with Crippen LogP contribution in [0.25, 0.3) is 0 Å². The summed E-state index contributed by atoms with van der Waals surface area (Å²) in [5.41, 5.74) is 0. The van der Waals surface area contributed by atoms with Gasteiger partial charge in [0.15, 0.2) is 16.6 Å². The third-order valence-electron chi connectivity index (χ3n) is 10.7. The highest BCUT2D eigenvalue weighted by molar-refractivity contribution is 6.74. The van der Waals surface area contributed by atoms with E-state index >= 15 is 0 Å². The first-order valence-corrected chi connectivity index (χ1v) is 22.4. The summed E-state index contributed by atoms with van der Waals surface area (Å²) in [6.07, 6.45) is 6.20. The number of ether oxygens (including phenoxy) is 5. The van der Waals surface area contributed by atoms with Crippen molar-refractivity contribution in [3.63, 3.8) is 0 Å². The van der Waals surface area contributed by atoms with Crippen LogP contribution in [0.4, 0.5) is 0 Å². The molecule has 43 heavy (non-hydrogen) atoms. The van der Waals surface area contributed by atoms with E-state index in [9.17, 15) is 4.79 Å². The molecular weight excluding hydrogens is 581 g/mol. The lowest BCUT2D eigenvalue weighted by Gasteiger charge is -2.50. The van der Waals surface area contributed by atoms with Crippen LogP contribution in [-0.2, 0) is 37.3 Å². The number of carbonyl (C=O) groups excluding carboxylic acids is 1. The molecule has 0 amide bonds. The Bertz CT molecular complexity index is 860. The molecule has 3 aliphatic heterocycles. The highest BCUT2D eigenvalue weighted by atomic mass is 28.4. The van der Waals surface area contributed by atoms with Crippen LogP contribution >= 0.6 is 0 Å². The van der Waals surface area contributed by atoms with Crippen molar-refractivity contribution >= 4 is 22.6 Å². The zero-order chi connectivity index (χ0) is 31.6. The van der Waals surface area contributed by atoms with Crippen LogP contribution in [0.15, 0.2) is 11.8 Å². The number of methoxy groups -OCH3 is 2. The van der Waals surface area contributed by atoms with Crippen LogP contribution in [0.5, 0.6) is 0 Å². The largest absolute Gasteiger partial charge is 0.501 e. The van der Waals surface area contributed by atoms with Gasteiger partial charge in [0.1, 0.15) is 36.6 Å². The van der Waals surface area contributed by atoms with E-state index in [1.54, 1.807) is 7.11 Å². The quantitative estimate of drug-likeness (QED) is 0.0657. The van der Waals surface area contributed by atoms with E-state index in [0.29, 0.717) is 0 Å². The lowest BCUT2D eigenvalue weighted by atomic mass is 9.88. The maximum atomic E-state index is 12.2. The predicted octanol–water partition coefficient (Wildman–Crippen LogP) is 7.52. The first-order chi connectivity index (χ1) is 20.7. The van der Waals surface area contributed by atoms with Crippen molar-refractivity contribution in [3.8, 4) is 0 Å². The number of rotatable bonds is 18. The van der Waals surface area contributed by atoms with E-state index in [1.165, 1.54) is 13.5 Å². The average Bonchev–Trinajstić information content (AvgIpc) is 3.37. The molecule has 0 aromatic carbocycles. The molecule has 250 valence electrons. The molecule has 10 heteroatoms. The molecule has 8 nitrogen and oxygen atoms in total. The van der Waals surface area contributed by atoms with Gasteiger partial charge in [-0.05, 0) is 61.6 Å². The number of carbonyl (C=O) groups is 1. The van der Waals surface area contributed by atoms with Crippen LogP contribution < -0.4 is 0 Å². The van der Waals surface area contributed by atoms with Crippen LogP contribution in [0.2, 0.25) is 36.3 Å². The lowest BCUT2D eigenvalue weighted by molar-refractivity contribution is -0.255. The van der Waals surface area contributed by atoms with E-state index in [-0.39, 0.29) is 61.2 Å². The number of unbranched alkanes of at least 4 members (excludes halogenated alkanes) is 2. The highest BCUT2D eigenvalue weighted by Gasteiger charge is 2.60. The summed E-state index contributed by atoms with van der Waals surface area (Å²) in [5, 5.41) is 0. The smallest absolute Gasteiger partial charge is 0.308 e. The molecule has 3 aliphatic rings. The van der Waals surface area contributed by atoms with Gasteiger partial charge in [-0.25, -0.2) is 0 Å². The number of allylic oxidation sites excluding steroid dienone is 1. The van der Waals surface area contributed by atoms with E-state index in [0.717, 1.165) is 74.1 Å². The monoisotopic (exact) mass is 642 g/mol. The first-order valence-electron chi connectivity index (χ1n) is 17.3. The Morgan fingerprint density at radius 3 is 1.84 bits per heavy atom. The third-order valence-corrected chi connectivity index (χ3v) is 19.9. The number of hydrogen-bond donors (Lipinski definition) is 0. The van der Waals surface area contributed by atoms with E-state index in [4.69, 9.17) is 32.5 Å². The molecule has 0 bridgehead atoms. The fraction of sp³-hybridized carbons (Fsp3) is 0.909. The van der Waals surface area contributed by atoms with Gasteiger partial charge in [0.25, 0.3) is 0 Å². The Kier molecular flexibility index (Phi) is 14.7. The van der Waals surface area contributed by atoms with Crippen molar-refractivity contribution in [2.24, 2.45) is 0 Å². The lowest BCUT2D eigenvalue weighted by Crippen LogP contribution is -2.65. The van der Waals surface area contributed by atoms with Gasteiger partial charge in [-0.3, -0.25) is 4.79 Å². The van der Waals surface area contributed by atoms with Gasteiger partial charge in [-0.2, -0.15) is 0 Å². The van der Waals surface area contributed by atoms with Gasteiger partial charge in [0.05, 0.1) is 38.6 Å². The summed E-state index contributed by atoms with van der Waals surface area (Å²) in [7, 11) is -0.868. The van der Waals surface area contributed by atoms with Crippen molar-refractivity contribution in [2.45, 2.75) is 179 Å². The minimum atomic E-state index is -2.05. The molecule has 0 unspecified atom stereocenters. The van der Waals surface area contributed by atoms with Gasteiger partial charge in [-0.1, -0.05) is 61.3 Å². The second kappa shape index (κ2) is 17.2. The van der Waals surface area contributed by atoms with Crippen molar-refractivity contribution in [1.29, 1.82) is 0 Å². The fourth-order valence-electron chi connectivity index (χ4n) is 7.23. The van der Waals surface area contributed by atoms with Crippen molar-refractivity contribution in [3.05, 3.63) is 11.8 Å². The molecule has 0 N–H and O–H groups in total. The zero-order valence-corrected chi connectivity index (χ0v) is 30.7. The Labute approximate surface area is 264 Å². The normalized spacial score (nSPS) is 31.4. The molecule has 3 rings (SSSR count). The SMILES string of the molecule is CCCCC/C(=C/[C@@H]1O[C@@H]2[C@@H](O[C@H]3CC[C@H](CC(=O)OC)O[C@@H]3[C@@H]2O[Si](CC)(CC)CC)[C@H]1O[Si](CC)(CC)CC)OC. The topological polar surface area (TPSA) is 81.7 Å². The molecule has 3 fully saturated rings. The standard InChI is InChI=1S/C33H62O8Si2/c1-10-17-18-19-24(35-8)22-27-30(40-42(11-2,12-3)13-4)31-32(39-27)33(41-43(14-5,15-6)16-7)29-26(38-31)21-20-25(37-29)23-28(34)36-9/h22,25-27,29-33H,10-21,23H2,1-9H3/b24-22-/t25-,26+,27+,29+,30+,31+,32-,33+/m1/s1. The molecule has 0 radical (unpaired) electrons. The Morgan fingerprint density at radius 2 is 1.30 bits per heavy atom. The highest BCUT2D eigenvalue weighted by Crippen LogP contribution is 2.45. The zero-order valence-electron chi connectivity index (χ0n) is 28.7. The van der Waals surface area contributed by atoms with Gasteiger partial charge in [-0.15, -0.1) is 0 Å². The molecule has 3 heterocycles. The summed E-state index contributed by atoms with van der Waals surface area (Å²) in [5.74, 6) is 0.701. The van der Waals surface area contributed by atoms with Crippen molar-refractivity contribution in [2.75, 3.05) is 14.2 Å². The first kappa shape index (κ1) is 36.7. The van der Waals surface area contributed by atoms with Gasteiger partial charge in [0.2, 0.25) is 0 Å². The summed E-state index contributed by atoms with van der Waals surface area (Å²) in [6.45, 7) is 15.8. The average molecular weight is 643 g/mol. The molecule has 0 aliphatic carbocycles. The predicted molar refractivity (Wildman–Crippen MR) is 175 cm³/mol. The number of fused-ring (bicyclic) bond motifs is 2. The van der Waals surface area contributed by atoms with Crippen LogP contribution in [0, 0.1) is 0 Å². The third kappa shape index (κ3) is 8.74. The van der Waals surface area contributed by atoms with Gasteiger partial charge < -0.3 is 32.5 Å². The molecule has 0 aromatic rings. The van der Waals surface area contributed by atoms with E-state index in [2.05, 4.69) is 54.5 Å². The minimum Gasteiger partial charge on any atom is -0.501 e. The minimum absolute atomic E-state index is 0.137. The Balaban J connectivity index is 2.04. The van der Waals surface area contributed by atoms with Crippen LogP contribution in [-0.4, -0.2) is 85.7 Å². The second-order valence-electron chi connectivity index (χ2n) is 12.7. The van der Waals surface area contributed by atoms with Crippen LogP contribution in [0.3, 0.4) is 0 Å². The summed E-state index contributed by atoms with van der Waals surface area (Å²) < 4.78 is 46.1. The summed E-state index contributed by atoms with van der Waals surface area (Å²) in [6, 6.07) is 6.26. The maximum absolute atomic E-state index is 12.2. The van der Waals surface area contributed by atoms with E-state index < -0.39 is 16.6 Å². The number of esters is 1. The van der Waals surface area contributed by atoms with Crippen molar-refractivity contribution < 1.29 is 37.3 Å². The van der Waals surface area contributed by atoms with Crippen molar-refractivity contribution in [1.82, 2.24) is 0 Å². The molecule has 3 saturated heterocycles. The fourth-order valence-corrected chi connectivity index (χ4v) is 12.9. The molecule has 0 saturated carbocycles. The molecule has 0 spiro atoms. The van der Waals surface area contributed by atoms with Gasteiger partial charge in [0, 0.05) is 6.42 Å². The van der Waals surface area contributed by atoms with Crippen LogP contribution in [0.1, 0.15) is 93.4 Å². The second-order valence-corrected chi connectivity index (χ2v) is 22.2. The summed E-state index contributed by atoms with van der Waals surface area (Å²) in [4.78, 5) is 12.2. The maximum Gasteiger partial charge on any atom is 0.308 e. The Hall–Kier alpha value is -0.756. The Morgan fingerprint density at radius 1 is 0.721 bits per heavy atom.